The van der Waals surface area contributed by atoms with Gasteiger partial charge in [0.1, 0.15) is 17.1 Å². The third-order valence-electron chi connectivity index (χ3n) is 2.00. The van der Waals surface area contributed by atoms with Crippen LogP contribution >= 0.6 is 0 Å². The molecule has 0 aliphatic carbocycles. The van der Waals surface area contributed by atoms with Crippen molar-refractivity contribution in [1.29, 1.82) is 0 Å². The number of carbonyl (C=O) groups is 3. The first kappa shape index (κ1) is 12.7. The molecule has 0 bridgehead atoms. The Balaban J connectivity index is 3.22. The predicted octanol–water partition coefficient (Wildman–Crippen LogP) is 0.586. The normalized spacial score (nSPS) is 9.29. The number of methoxy groups -OCH3 is 2. The lowest BCUT2D eigenvalue weighted by Gasteiger charge is -2.10. The quantitative estimate of drug-likeness (QED) is 0.245. The van der Waals surface area contributed by atoms with E-state index in [0.29, 0.717) is 0 Å². The Bertz CT molecular complexity index is 429. The molecule has 0 radical (unpaired) electrons. The van der Waals surface area contributed by atoms with Crippen molar-refractivity contribution in [2.45, 2.75) is 0 Å². The summed E-state index contributed by atoms with van der Waals surface area (Å²) < 4.78 is 13.9. The van der Waals surface area contributed by atoms with Gasteiger partial charge in [-0.05, 0) is 12.1 Å². The maximum absolute atomic E-state index is 11.7. The number of ketones is 1. The van der Waals surface area contributed by atoms with E-state index in [1.165, 1.54) is 26.4 Å². The van der Waals surface area contributed by atoms with Gasteiger partial charge < -0.3 is 14.2 Å². The van der Waals surface area contributed by atoms with Crippen LogP contribution in [0.3, 0.4) is 0 Å². The molecule has 0 atom stereocenters. The molecule has 0 spiro atoms. The maximum atomic E-state index is 11.7. The third kappa shape index (κ3) is 2.60. The van der Waals surface area contributed by atoms with Crippen LogP contribution in [0.15, 0.2) is 18.2 Å². The highest BCUT2D eigenvalue weighted by atomic mass is 16.6. The molecule has 0 aliphatic heterocycles. The minimum absolute atomic E-state index is 0.0793. The van der Waals surface area contributed by atoms with E-state index in [4.69, 9.17) is 9.47 Å². The molecule has 0 saturated heterocycles. The number of hydrogen-bond acceptors (Lipinski definition) is 6. The summed E-state index contributed by atoms with van der Waals surface area (Å²) in [5.41, 5.74) is -0.0793. The molecule has 0 unspecified atom stereocenters. The van der Waals surface area contributed by atoms with Gasteiger partial charge in [0.25, 0.3) is 5.78 Å². The van der Waals surface area contributed by atoms with Crippen LogP contribution in [0.25, 0.3) is 0 Å². The molecule has 0 heterocycles. The van der Waals surface area contributed by atoms with Gasteiger partial charge in [-0.1, -0.05) is 6.07 Å². The Labute approximate surface area is 97.1 Å². The van der Waals surface area contributed by atoms with Gasteiger partial charge in [-0.3, -0.25) is 9.59 Å². The summed E-state index contributed by atoms with van der Waals surface area (Å²) in [7, 11) is 2.69. The number of rotatable bonds is 5. The Morgan fingerprint density at radius 2 is 1.65 bits per heavy atom. The molecule has 1 rings (SSSR count). The van der Waals surface area contributed by atoms with Crippen LogP contribution in [0.1, 0.15) is 10.4 Å². The first-order valence-electron chi connectivity index (χ1n) is 4.55. The third-order valence-corrected chi connectivity index (χ3v) is 2.00. The van der Waals surface area contributed by atoms with Gasteiger partial charge in [0.05, 0.1) is 14.2 Å². The second-order valence-corrected chi connectivity index (χ2v) is 2.87. The van der Waals surface area contributed by atoms with Crippen molar-refractivity contribution in [3.63, 3.8) is 0 Å². The summed E-state index contributed by atoms with van der Waals surface area (Å²) in [5, 5.41) is 0. The first-order chi connectivity index (χ1) is 8.15. The van der Waals surface area contributed by atoms with E-state index >= 15 is 0 Å². The number of ether oxygens (including phenoxy) is 3. The van der Waals surface area contributed by atoms with Gasteiger partial charge in [0, 0.05) is 0 Å². The number of esters is 1. The van der Waals surface area contributed by atoms with Crippen molar-refractivity contribution in [3.05, 3.63) is 23.8 Å². The highest BCUT2D eigenvalue weighted by Crippen LogP contribution is 2.28. The average molecular weight is 238 g/mol. The fourth-order valence-electron chi connectivity index (χ4n) is 1.27. The van der Waals surface area contributed by atoms with Gasteiger partial charge in [0.15, 0.2) is 0 Å². The van der Waals surface area contributed by atoms with Gasteiger partial charge in [0.2, 0.25) is 0 Å². The Morgan fingerprint density at radius 1 is 1.12 bits per heavy atom. The van der Waals surface area contributed by atoms with E-state index in [9.17, 15) is 14.4 Å². The van der Waals surface area contributed by atoms with Gasteiger partial charge in [-0.2, -0.15) is 0 Å². The lowest BCUT2D eigenvalue weighted by Crippen LogP contribution is -2.18. The van der Waals surface area contributed by atoms with Crippen LogP contribution in [0.5, 0.6) is 11.5 Å². The maximum Gasteiger partial charge on any atom is 0.387 e. The van der Waals surface area contributed by atoms with Crippen molar-refractivity contribution in [2.75, 3.05) is 14.2 Å². The Hall–Kier alpha value is -2.37. The van der Waals surface area contributed by atoms with E-state index in [1.807, 2.05) is 0 Å². The first-order valence-corrected chi connectivity index (χ1v) is 4.55. The molecular weight excluding hydrogens is 228 g/mol. The lowest BCUT2D eigenvalue weighted by molar-refractivity contribution is -0.147. The van der Waals surface area contributed by atoms with Crippen LogP contribution in [0, 0.1) is 0 Å². The van der Waals surface area contributed by atoms with Gasteiger partial charge >= 0.3 is 12.4 Å². The number of carbonyl (C=O) groups excluding carboxylic acids is 3. The molecule has 0 saturated carbocycles. The van der Waals surface area contributed by atoms with E-state index in [1.54, 1.807) is 6.07 Å². The van der Waals surface area contributed by atoms with E-state index < -0.39 is 11.8 Å². The summed E-state index contributed by atoms with van der Waals surface area (Å²) in [5.74, 6) is -1.97. The zero-order valence-electron chi connectivity index (χ0n) is 9.26. The molecule has 0 aliphatic rings. The zero-order chi connectivity index (χ0) is 12.8. The van der Waals surface area contributed by atoms with Crippen molar-refractivity contribution < 1.29 is 28.6 Å². The molecule has 0 N–H and O–H groups in total. The van der Waals surface area contributed by atoms with Gasteiger partial charge in [-0.15, -0.1) is 0 Å². The van der Waals surface area contributed by atoms with Crippen molar-refractivity contribution >= 4 is 18.2 Å². The zero-order valence-corrected chi connectivity index (χ0v) is 9.26. The monoisotopic (exact) mass is 238 g/mol. The molecule has 6 heteroatoms. The summed E-state index contributed by atoms with van der Waals surface area (Å²) in [6.45, 7) is -0.109. The minimum Gasteiger partial charge on any atom is -0.496 e. The molecular formula is C11H10O6. The number of benzene rings is 1. The highest BCUT2D eigenvalue weighted by molar-refractivity contribution is 6.42. The molecule has 1 aromatic carbocycles. The summed E-state index contributed by atoms with van der Waals surface area (Å²) in [6, 6.07) is 4.58. The molecule has 0 amide bonds. The summed E-state index contributed by atoms with van der Waals surface area (Å²) in [6.07, 6.45) is 0. The molecule has 6 nitrogen and oxygen atoms in total. The van der Waals surface area contributed by atoms with Crippen LogP contribution in [-0.2, 0) is 14.3 Å². The minimum atomic E-state index is -1.29. The fourth-order valence-corrected chi connectivity index (χ4v) is 1.27. The highest BCUT2D eigenvalue weighted by Gasteiger charge is 2.25. The molecule has 1 aromatic rings. The Morgan fingerprint density at radius 3 is 2.06 bits per heavy atom. The van der Waals surface area contributed by atoms with Crippen LogP contribution < -0.4 is 9.47 Å². The second-order valence-electron chi connectivity index (χ2n) is 2.87. The van der Waals surface area contributed by atoms with Crippen molar-refractivity contribution in [1.82, 2.24) is 0 Å². The molecule has 0 fully saturated rings. The van der Waals surface area contributed by atoms with Crippen LogP contribution in [0.4, 0.5) is 0 Å². The molecule has 90 valence electrons. The van der Waals surface area contributed by atoms with Crippen LogP contribution in [0.2, 0.25) is 0 Å². The van der Waals surface area contributed by atoms with Gasteiger partial charge in [-0.25, -0.2) is 4.79 Å². The Kier molecular flexibility index (Phi) is 4.21. The largest absolute Gasteiger partial charge is 0.496 e. The second kappa shape index (κ2) is 5.64. The summed E-state index contributed by atoms with van der Waals surface area (Å²) >= 11 is 0. The standard InChI is InChI=1S/C11H10O6/c1-15-7-4-3-5-8(16-2)9(7)10(13)11(14)17-6-12/h3-6H,1-2H3. The van der Waals surface area contributed by atoms with Crippen LogP contribution in [-0.4, -0.2) is 32.4 Å². The molecule has 17 heavy (non-hydrogen) atoms. The van der Waals surface area contributed by atoms with Crippen molar-refractivity contribution in [3.8, 4) is 11.5 Å². The predicted molar refractivity (Wildman–Crippen MR) is 56.0 cm³/mol. The smallest absolute Gasteiger partial charge is 0.387 e. The molecule has 0 aromatic heterocycles. The SMILES string of the molecule is COc1cccc(OC)c1C(=O)C(=O)OC=O. The average Bonchev–Trinajstić information content (AvgIpc) is 2.37. The van der Waals surface area contributed by atoms with Crippen molar-refractivity contribution in [2.24, 2.45) is 0 Å². The summed E-state index contributed by atoms with van der Waals surface area (Å²) in [4.78, 5) is 32.9. The number of Topliss-reactive ketones (excluding diaryl/α,β-unsaturated/α-hetero) is 1. The van der Waals surface area contributed by atoms with E-state index in [-0.39, 0.29) is 23.5 Å². The van der Waals surface area contributed by atoms with E-state index in [0.717, 1.165) is 0 Å². The van der Waals surface area contributed by atoms with E-state index in [2.05, 4.69) is 4.74 Å². The topological polar surface area (TPSA) is 78.9 Å². The number of hydrogen-bond donors (Lipinski definition) is 0. The fraction of sp³-hybridized carbons (Fsp3) is 0.182. The lowest BCUT2D eigenvalue weighted by atomic mass is 10.1.